The fourth-order valence-corrected chi connectivity index (χ4v) is 2.38. The molecule has 0 aromatic heterocycles. The SMILES string of the molecule is O=C(c1ccccc1Cl)c1cc(Br)ccc1NC(=O)C(F)(F)F. The lowest BCUT2D eigenvalue weighted by Crippen LogP contribution is -2.30. The van der Waals surface area contributed by atoms with Crippen molar-refractivity contribution in [1.29, 1.82) is 0 Å². The molecule has 0 aliphatic rings. The van der Waals surface area contributed by atoms with Crippen LogP contribution in [0.2, 0.25) is 5.02 Å². The van der Waals surface area contributed by atoms with Crippen LogP contribution in [0.25, 0.3) is 0 Å². The molecule has 8 heteroatoms. The van der Waals surface area contributed by atoms with Crippen molar-refractivity contribution in [2.24, 2.45) is 0 Å². The van der Waals surface area contributed by atoms with Gasteiger partial charge in [-0.1, -0.05) is 39.7 Å². The summed E-state index contributed by atoms with van der Waals surface area (Å²) < 4.78 is 37.7. The molecule has 0 aliphatic carbocycles. The lowest BCUT2D eigenvalue weighted by Gasteiger charge is -2.13. The number of ketones is 1. The minimum absolute atomic E-state index is 0.106. The van der Waals surface area contributed by atoms with Gasteiger partial charge in [0.25, 0.3) is 0 Å². The molecule has 0 saturated heterocycles. The van der Waals surface area contributed by atoms with E-state index in [1.54, 1.807) is 17.4 Å². The first-order valence-electron chi connectivity index (χ1n) is 6.17. The summed E-state index contributed by atoms with van der Waals surface area (Å²) in [5, 5.41) is 1.86. The Bertz CT molecular complexity index is 778. The van der Waals surface area contributed by atoms with Crippen molar-refractivity contribution in [3.63, 3.8) is 0 Å². The third-order valence-corrected chi connectivity index (χ3v) is 3.67. The van der Waals surface area contributed by atoms with Crippen LogP contribution in [-0.4, -0.2) is 17.9 Å². The summed E-state index contributed by atoms with van der Waals surface area (Å²) in [5.41, 5.74) is -0.236. The summed E-state index contributed by atoms with van der Waals surface area (Å²) in [6.45, 7) is 0. The highest BCUT2D eigenvalue weighted by molar-refractivity contribution is 9.10. The van der Waals surface area contributed by atoms with Crippen LogP contribution in [0, 0.1) is 0 Å². The number of carbonyl (C=O) groups excluding carboxylic acids is 2. The minimum atomic E-state index is -5.06. The molecule has 0 fully saturated rings. The third-order valence-electron chi connectivity index (χ3n) is 2.85. The average Bonchev–Trinajstić information content (AvgIpc) is 2.48. The molecule has 0 bridgehead atoms. The molecule has 1 amide bonds. The number of rotatable bonds is 3. The standard InChI is InChI=1S/C15H8BrClF3NO2/c16-8-5-6-12(21-14(23)15(18,19)20)10(7-8)13(22)9-3-1-2-4-11(9)17/h1-7H,(H,21,23). The van der Waals surface area contributed by atoms with Gasteiger partial charge in [0.15, 0.2) is 5.78 Å². The van der Waals surface area contributed by atoms with E-state index in [1.807, 2.05) is 0 Å². The zero-order valence-corrected chi connectivity index (χ0v) is 13.6. The van der Waals surface area contributed by atoms with Gasteiger partial charge in [-0.2, -0.15) is 13.2 Å². The van der Waals surface area contributed by atoms with E-state index in [-0.39, 0.29) is 21.8 Å². The maximum absolute atomic E-state index is 12.5. The second-order valence-corrected chi connectivity index (χ2v) is 5.77. The van der Waals surface area contributed by atoms with Crippen molar-refractivity contribution >= 4 is 44.9 Å². The number of anilines is 1. The summed E-state index contributed by atoms with van der Waals surface area (Å²) in [7, 11) is 0. The second-order valence-electron chi connectivity index (χ2n) is 4.45. The van der Waals surface area contributed by atoms with Gasteiger partial charge in [-0.15, -0.1) is 0 Å². The minimum Gasteiger partial charge on any atom is -0.318 e. The number of nitrogens with one attached hydrogen (secondary N) is 1. The molecule has 2 aromatic carbocycles. The molecule has 2 aromatic rings. The Labute approximate surface area is 142 Å². The predicted molar refractivity (Wildman–Crippen MR) is 83.7 cm³/mol. The molecule has 3 nitrogen and oxygen atoms in total. The van der Waals surface area contributed by atoms with Crippen molar-refractivity contribution < 1.29 is 22.8 Å². The summed E-state index contributed by atoms with van der Waals surface area (Å²) in [5.74, 6) is -2.76. The maximum atomic E-state index is 12.5. The van der Waals surface area contributed by atoms with Crippen LogP contribution in [-0.2, 0) is 4.79 Å². The molecule has 23 heavy (non-hydrogen) atoms. The normalized spacial score (nSPS) is 11.2. The van der Waals surface area contributed by atoms with Crippen LogP contribution >= 0.6 is 27.5 Å². The highest BCUT2D eigenvalue weighted by Crippen LogP contribution is 2.28. The monoisotopic (exact) mass is 405 g/mol. The zero-order valence-electron chi connectivity index (χ0n) is 11.2. The van der Waals surface area contributed by atoms with Gasteiger partial charge in [0.2, 0.25) is 0 Å². The predicted octanol–water partition coefficient (Wildman–Crippen LogP) is 4.83. The largest absolute Gasteiger partial charge is 0.471 e. The van der Waals surface area contributed by atoms with E-state index >= 15 is 0 Å². The van der Waals surface area contributed by atoms with E-state index in [9.17, 15) is 22.8 Å². The van der Waals surface area contributed by atoms with E-state index < -0.39 is 17.9 Å². The van der Waals surface area contributed by atoms with Crippen molar-refractivity contribution in [3.8, 4) is 0 Å². The van der Waals surface area contributed by atoms with Crippen molar-refractivity contribution in [3.05, 3.63) is 63.1 Å². The van der Waals surface area contributed by atoms with Gasteiger partial charge in [-0.25, -0.2) is 0 Å². The molecule has 0 unspecified atom stereocenters. The third kappa shape index (κ3) is 4.11. The van der Waals surface area contributed by atoms with E-state index in [0.29, 0.717) is 4.47 Å². The van der Waals surface area contributed by atoms with Gasteiger partial charge < -0.3 is 5.32 Å². The Morgan fingerprint density at radius 1 is 1.04 bits per heavy atom. The van der Waals surface area contributed by atoms with Gasteiger partial charge in [-0.3, -0.25) is 9.59 Å². The van der Waals surface area contributed by atoms with Gasteiger partial charge >= 0.3 is 12.1 Å². The molecule has 0 aliphatic heterocycles. The Hall–Kier alpha value is -1.86. The van der Waals surface area contributed by atoms with E-state index in [4.69, 9.17) is 11.6 Å². The molecule has 0 saturated carbocycles. The number of benzene rings is 2. The van der Waals surface area contributed by atoms with Gasteiger partial charge in [0, 0.05) is 15.6 Å². The van der Waals surface area contributed by atoms with E-state index in [1.165, 1.54) is 30.3 Å². The Morgan fingerprint density at radius 2 is 1.70 bits per heavy atom. The lowest BCUT2D eigenvalue weighted by molar-refractivity contribution is -0.167. The van der Waals surface area contributed by atoms with E-state index in [0.717, 1.165) is 0 Å². The Balaban J connectivity index is 2.46. The molecule has 0 heterocycles. The first-order chi connectivity index (χ1) is 10.7. The lowest BCUT2D eigenvalue weighted by atomic mass is 10.0. The number of amides is 1. The molecule has 0 spiro atoms. The Morgan fingerprint density at radius 3 is 2.30 bits per heavy atom. The highest BCUT2D eigenvalue weighted by atomic mass is 79.9. The number of halogens is 5. The molecule has 2 rings (SSSR count). The number of hydrogen-bond donors (Lipinski definition) is 1. The van der Waals surface area contributed by atoms with Crippen molar-refractivity contribution in [2.45, 2.75) is 6.18 Å². The smallest absolute Gasteiger partial charge is 0.318 e. The molecule has 1 N–H and O–H groups in total. The van der Waals surface area contributed by atoms with E-state index in [2.05, 4.69) is 15.9 Å². The van der Waals surface area contributed by atoms with Crippen molar-refractivity contribution in [1.82, 2.24) is 0 Å². The average molecular weight is 407 g/mol. The summed E-state index contributed by atoms with van der Waals surface area (Å²) in [6, 6.07) is 10.1. The second kappa shape index (κ2) is 6.72. The first-order valence-corrected chi connectivity index (χ1v) is 7.34. The van der Waals surface area contributed by atoms with Crippen LogP contribution in [0.3, 0.4) is 0 Å². The fourth-order valence-electron chi connectivity index (χ4n) is 1.80. The molecule has 0 radical (unpaired) electrons. The van der Waals surface area contributed by atoms with Crippen LogP contribution in [0.5, 0.6) is 0 Å². The number of alkyl halides is 3. The van der Waals surface area contributed by atoms with Gasteiger partial charge in [-0.05, 0) is 30.3 Å². The molecular formula is C15H8BrClF3NO2. The fraction of sp³-hybridized carbons (Fsp3) is 0.0667. The van der Waals surface area contributed by atoms with Crippen LogP contribution in [0.1, 0.15) is 15.9 Å². The number of hydrogen-bond acceptors (Lipinski definition) is 2. The van der Waals surface area contributed by atoms with Crippen LogP contribution in [0.4, 0.5) is 18.9 Å². The Kier molecular flexibility index (Phi) is 5.11. The molecule has 0 atom stereocenters. The summed E-state index contributed by atoms with van der Waals surface area (Å²) in [6.07, 6.45) is -5.06. The summed E-state index contributed by atoms with van der Waals surface area (Å²) >= 11 is 9.08. The zero-order chi connectivity index (χ0) is 17.2. The highest BCUT2D eigenvalue weighted by Gasteiger charge is 2.39. The van der Waals surface area contributed by atoms with Gasteiger partial charge in [0.1, 0.15) is 0 Å². The van der Waals surface area contributed by atoms with Crippen LogP contribution < -0.4 is 5.32 Å². The van der Waals surface area contributed by atoms with Crippen LogP contribution in [0.15, 0.2) is 46.9 Å². The molecular weight excluding hydrogens is 399 g/mol. The topological polar surface area (TPSA) is 46.2 Å². The van der Waals surface area contributed by atoms with Gasteiger partial charge in [0.05, 0.1) is 10.7 Å². The first kappa shape index (κ1) is 17.5. The maximum Gasteiger partial charge on any atom is 0.471 e. The molecule has 120 valence electrons. The van der Waals surface area contributed by atoms with Crippen molar-refractivity contribution in [2.75, 3.05) is 5.32 Å². The summed E-state index contributed by atoms with van der Waals surface area (Å²) in [4.78, 5) is 23.6. The quantitative estimate of drug-likeness (QED) is 0.742. The number of carbonyl (C=O) groups is 2.